The first-order chi connectivity index (χ1) is 9.15. The number of ether oxygens (including phenoxy) is 1. The van der Waals surface area contributed by atoms with Crippen LogP contribution in [0.5, 0.6) is 5.75 Å². The summed E-state index contributed by atoms with van der Waals surface area (Å²) in [6.45, 7) is 1.35. The number of benzene rings is 2. The zero-order valence-electron chi connectivity index (χ0n) is 10.3. The van der Waals surface area contributed by atoms with Crippen molar-refractivity contribution < 1.29 is 9.53 Å². The van der Waals surface area contributed by atoms with Crippen LogP contribution in [0.1, 0.15) is 18.1 Å². The molecule has 2 aromatic carbocycles. The van der Waals surface area contributed by atoms with Crippen LogP contribution >= 0.6 is 11.6 Å². The minimum Gasteiger partial charge on any atom is -0.425 e. The molecule has 0 atom stereocenters. The van der Waals surface area contributed by atoms with Gasteiger partial charge in [0.25, 0.3) is 0 Å². The van der Waals surface area contributed by atoms with Crippen molar-refractivity contribution in [1.29, 1.82) is 0 Å². The van der Waals surface area contributed by atoms with Crippen molar-refractivity contribution >= 4 is 17.6 Å². The molecule has 19 heavy (non-hydrogen) atoms. The van der Waals surface area contributed by atoms with E-state index in [9.17, 15) is 4.79 Å². The van der Waals surface area contributed by atoms with Gasteiger partial charge in [-0.3, -0.25) is 4.79 Å². The van der Waals surface area contributed by atoms with Crippen LogP contribution in [0.25, 0.3) is 0 Å². The van der Waals surface area contributed by atoms with Crippen LogP contribution in [0.2, 0.25) is 5.02 Å². The Morgan fingerprint density at radius 2 is 1.84 bits per heavy atom. The summed E-state index contributed by atoms with van der Waals surface area (Å²) in [6, 6.07) is 14.5. The Balaban J connectivity index is 2.36. The molecule has 0 N–H and O–H groups in total. The van der Waals surface area contributed by atoms with Gasteiger partial charge in [0.15, 0.2) is 0 Å². The van der Waals surface area contributed by atoms with Crippen LogP contribution in [-0.4, -0.2) is 5.97 Å². The van der Waals surface area contributed by atoms with Crippen LogP contribution in [0.4, 0.5) is 0 Å². The average Bonchev–Trinajstić information content (AvgIpc) is 2.40. The van der Waals surface area contributed by atoms with E-state index < -0.39 is 0 Å². The maximum absolute atomic E-state index is 11.0. The summed E-state index contributed by atoms with van der Waals surface area (Å²) in [6.07, 6.45) is 0. The molecule has 0 heterocycles. The first-order valence-corrected chi connectivity index (χ1v) is 6.08. The van der Waals surface area contributed by atoms with Crippen molar-refractivity contribution in [2.75, 3.05) is 0 Å². The fraction of sp³-hybridized carbons (Fsp3) is 0.0625. The Labute approximate surface area is 117 Å². The maximum Gasteiger partial charge on any atom is 0.308 e. The molecule has 2 aromatic rings. The van der Waals surface area contributed by atoms with E-state index in [2.05, 4.69) is 11.8 Å². The van der Waals surface area contributed by atoms with E-state index in [-0.39, 0.29) is 5.97 Å². The van der Waals surface area contributed by atoms with Gasteiger partial charge in [-0.25, -0.2) is 0 Å². The van der Waals surface area contributed by atoms with Crippen LogP contribution < -0.4 is 4.74 Å². The molecule has 0 bridgehead atoms. The molecule has 0 aliphatic rings. The highest BCUT2D eigenvalue weighted by atomic mass is 35.5. The molecule has 0 unspecified atom stereocenters. The zero-order valence-corrected chi connectivity index (χ0v) is 11.1. The summed E-state index contributed by atoms with van der Waals surface area (Å²) in [5.41, 5.74) is 1.47. The number of esters is 1. The minimum absolute atomic E-state index is 0.384. The van der Waals surface area contributed by atoms with Crippen molar-refractivity contribution in [3.63, 3.8) is 0 Å². The summed E-state index contributed by atoms with van der Waals surface area (Å²) >= 11 is 5.93. The molecule has 0 saturated heterocycles. The van der Waals surface area contributed by atoms with Gasteiger partial charge in [-0.15, -0.1) is 0 Å². The van der Waals surface area contributed by atoms with E-state index in [1.807, 2.05) is 30.3 Å². The molecule has 0 spiro atoms. The van der Waals surface area contributed by atoms with Crippen LogP contribution in [0.3, 0.4) is 0 Å². The summed E-state index contributed by atoms with van der Waals surface area (Å²) in [5, 5.41) is 0.549. The second-order valence-electron chi connectivity index (χ2n) is 3.85. The molecule has 0 aliphatic carbocycles. The van der Waals surface area contributed by atoms with Crippen molar-refractivity contribution in [1.82, 2.24) is 0 Å². The predicted molar refractivity (Wildman–Crippen MR) is 75.2 cm³/mol. The standard InChI is InChI=1S/C16H11ClO2/c1-12(18)19-16-10-9-15(17)11-14(16)8-7-13-5-3-2-4-6-13/h2-6,9-11H,1H3. The summed E-state index contributed by atoms with van der Waals surface area (Å²) < 4.78 is 5.09. The molecule has 0 aliphatic heterocycles. The normalized spacial score (nSPS) is 9.37. The highest BCUT2D eigenvalue weighted by molar-refractivity contribution is 6.30. The van der Waals surface area contributed by atoms with Gasteiger partial charge in [0, 0.05) is 17.5 Å². The van der Waals surface area contributed by atoms with E-state index in [1.54, 1.807) is 18.2 Å². The lowest BCUT2D eigenvalue weighted by atomic mass is 10.1. The number of hydrogen-bond donors (Lipinski definition) is 0. The van der Waals surface area contributed by atoms with Crippen molar-refractivity contribution in [3.8, 4) is 17.6 Å². The lowest BCUT2D eigenvalue weighted by Gasteiger charge is -2.04. The van der Waals surface area contributed by atoms with Crippen molar-refractivity contribution in [2.45, 2.75) is 6.92 Å². The third kappa shape index (κ3) is 3.87. The Morgan fingerprint density at radius 3 is 2.53 bits per heavy atom. The highest BCUT2D eigenvalue weighted by Crippen LogP contribution is 2.22. The van der Waals surface area contributed by atoms with Gasteiger partial charge in [-0.1, -0.05) is 41.6 Å². The van der Waals surface area contributed by atoms with E-state index in [1.165, 1.54) is 6.92 Å². The molecule has 0 saturated carbocycles. The number of rotatable bonds is 1. The first-order valence-electron chi connectivity index (χ1n) is 5.70. The van der Waals surface area contributed by atoms with E-state index >= 15 is 0 Å². The van der Waals surface area contributed by atoms with Crippen LogP contribution in [0, 0.1) is 11.8 Å². The topological polar surface area (TPSA) is 26.3 Å². The molecule has 0 radical (unpaired) electrons. The van der Waals surface area contributed by atoms with E-state index in [4.69, 9.17) is 16.3 Å². The van der Waals surface area contributed by atoms with Crippen LogP contribution in [-0.2, 0) is 4.79 Å². The van der Waals surface area contributed by atoms with Crippen molar-refractivity contribution in [3.05, 3.63) is 64.7 Å². The SMILES string of the molecule is CC(=O)Oc1ccc(Cl)cc1C#Cc1ccccc1. The Bertz CT molecular complexity index is 651. The molecule has 0 fully saturated rings. The monoisotopic (exact) mass is 270 g/mol. The number of hydrogen-bond acceptors (Lipinski definition) is 2. The lowest BCUT2D eigenvalue weighted by Crippen LogP contribution is -2.02. The summed E-state index contributed by atoms with van der Waals surface area (Å²) in [7, 11) is 0. The minimum atomic E-state index is -0.384. The Hall–Kier alpha value is -2.24. The number of carbonyl (C=O) groups is 1. The molecular formula is C16H11ClO2. The maximum atomic E-state index is 11.0. The largest absolute Gasteiger partial charge is 0.425 e. The van der Waals surface area contributed by atoms with Crippen LogP contribution in [0.15, 0.2) is 48.5 Å². The Morgan fingerprint density at radius 1 is 1.11 bits per heavy atom. The predicted octanol–water partition coefficient (Wildman–Crippen LogP) is 3.67. The lowest BCUT2D eigenvalue weighted by molar-refractivity contribution is -0.131. The molecule has 0 aromatic heterocycles. The van der Waals surface area contributed by atoms with Gasteiger partial charge < -0.3 is 4.74 Å². The molecular weight excluding hydrogens is 260 g/mol. The second-order valence-corrected chi connectivity index (χ2v) is 4.29. The summed E-state index contributed by atoms with van der Waals surface area (Å²) in [4.78, 5) is 11.0. The molecule has 0 amide bonds. The van der Waals surface area contributed by atoms with Crippen molar-refractivity contribution in [2.24, 2.45) is 0 Å². The number of halogens is 1. The van der Waals surface area contributed by atoms with E-state index in [0.29, 0.717) is 16.3 Å². The van der Waals surface area contributed by atoms with Gasteiger partial charge >= 0.3 is 5.97 Å². The van der Waals surface area contributed by atoms with Gasteiger partial charge in [-0.05, 0) is 30.3 Å². The van der Waals surface area contributed by atoms with Gasteiger partial charge in [-0.2, -0.15) is 0 Å². The van der Waals surface area contributed by atoms with E-state index in [0.717, 1.165) is 5.56 Å². The third-order valence-corrected chi connectivity index (χ3v) is 2.55. The fourth-order valence-corrected chi connectivity index (χ4v) is 1.68. The Kier molecular flexibility index (Phi) is 4.22. The van der Waals surface area contributed by atoms with Gasteiger partial charge in [0.05, 0.1) is 5.56 Å². The smallest absolute Gasteiger partial charge is 0.308 e. The second kappa shape index (κ2) is 6.08. The molecule has 94 valence electrons. The molecule has 2 nitrogen and oxygen atoms in total. The quantitative estimate of drug-likeness (QED) is 0.449. The molecule has 2 rings (SSSR count). The highest BCUT2D eigenvalue weighted by Gasteiger charge is 2.04. The van der Waals surface area contributed by atoms with Gasteiger partial charge in [0.1, 0.15) is 5.75 Å². The number of carbonyl (C=O) groups excluding carboxylic acids is 1. The average molecular weight is 271 g/mol. The fourth-order valence-electron chi connectivity index (χ4n) is 1.50. The summed E-state index contributed by atoms with van der Waals surface area (Å²) in [5.74, 6) is 6.00. The zero-order chi connectivity index (χ0) is 13.7. The van der Waals surface area contributed by atoms with Gasteiger partial charge in [0.2, 0.25) is 0 Å². The third-order valence-electron chi connectivity index (χ3n) is 2.31. The molecule has 3 heteroatoms. The first kappa shape index (κ1) is 13.2.